The Kier molecular flexibility index (Phi) is 227. The summed E-state index contributed by atoms with van der Waals surface area (Å²) in [5, 5.41) is 0. The van der Waals surface area contributed by atoms with Gasteiger partial charge in [0.2, 0.25) is 0 Å². The van der Waals surface area contributed by atoms with Crippen LogP contribution in [0.3, 0.4) is 0 Å². The largest absolute Gasteiger partial charge is 0.0776 e. The predicted molar refractivity (Wildman–Crippen MR) is 284 cm³/mol. The van der Waals surface area contributed by atoms with Crippen molar-refractivity contribution < 1.29 is 0 Å². The van der Waals surface area contributed by atoms with Crippen LogP contribution in [0.2, 0.25) is 0 Å². The van der Waals surface area contributed by atoms with Crippen molar-refractivity contribution in [3.8, 4) is 0 Å². The molecule has 0 aromatic heterocycles. The molecule has 0 N–H and O–H groups in total. The Labute approximate surface area is 353 Å². The molecule has 0 nitrogen and oxygen atoms in total. The molecule has 0 aliphatic heterocycles. The lowest BCUT2D eigenvalue weighted by molar-refractivity contribution is 0.224. The van der Waals surface area contributed by atoms with E-state index in [0.717, 1.165) is 47.3 Å². The number of hydrogen-bond donors (Lipinski definition) is 0. The van der Waals surface area contributed by atoms with E-state index in [1.165, 1.54) is 57.8 Å². The molecule has 0 spiro atoms. The third kappa shape index (κ3) is 117. The number of rotatable bonds is 15. The van der Waals surface area contributed by atoms with Gasteiger partial charge in [-0.1, -0.05) is 264 Å². The first-order chi connectivity index (χ1) is 15.5. The van der Waals surface area contributed by atoms with Crippen LogP contribution in [0.25, 0.3) is 0 Å². The Morgan fingerprint density at radius 1 is 0.269 bits per heavy atom. The lowest BCUT2D eigenvalue weighted by atomic mass is 9.77. The molecule has 0 fully saturated rings. The fourth-order valence-corrected chi connectivity index (χ4v) is 5.79. The highest BCUT2D eigenvalue weighted by Gasteiger charge is 2.21. The van der Waals surface area contributed by atoms with Crippen molar-refractivity contribution >= 4 is 0 Å². The molecule has 0 amide bonds. The molecule has 0 aromatic carbocycles. The molecule has 0 saturated heterocycles. The molecule has 0 aliphatic carbocycles. The fourth-order valence-electron chi connectivity index (χ4n) is 5.79. The maximum absolute atomic E-state index is 2.40. The van der Waals surface area contributed by atoms with Crippen molar-refractivity contribution in [2.45, 2.75) is 302 Å². The maximum atomic E-state index is 2.40. The van der Waals surface area contributed by atoms with E-state index in [-0.39, 0.29) is 134 Å². The summed E-state index contributed by atoms with van der Waals surface area (Å²) in [6.07, 6.45) is 12.3. The summed E-state index contributed by atoms with van der Waals surface area (Å²) in [5.41, 5.74) is 0.545. The Hall–Kier alpha value is 0. The lowest BCUT2D eigenvalue weighted by Crippen LogP contribution is -2.17. The van der Waals surface area contributed by atoms with Crippen LogP contribution in [-0.4, -0.2) is 0 Å². The molecule has 0 aliphatic rings. The molecule has 0 aromatic rings. The Bertz CT molecular complexity index is 378. The van der Waals surface area contributed by atoms with Gasteiger partial charge in [0.1, 0.15) is 0 Å². The van der Waals surface area contributed by atoms with Gasteiger partial charge < -0.3 is 0 Å². The quantitative estimate of drug-likeness (QED) is 0.156. The average molecular weight is 772 g/mol. The first kappa shape index (κ1) is 141. The standard InChI is InChI=1S/C12H26.2C11H24.18CH4/c1-7-11(4)9-12(5,6)8-10(2)3;2*1-6-10(4)8-11(5)7-9(2)3;;;;;;;;;;;;;;;;;;/h10-11H,7-9H2,1-6H3;2*9-11H,6-8H2,1-5H3;18*1H4. The third-order valence-electron chi connectivity index (χ3n) is 7.31. The van der Waals surface area contributed by atoms with Gasteiger partial charge in [-0.25, -0.2) is 0 Å². The van der Waals surface area contributed by atoms with E-state index in [1.54, 1.807) is 0 Å². The zero-order valence-electron chi connectivity index (χ0n) is 27.5. The molecule has 0 heteroatoms. The minimum atomic E-state index is 0. The van der Waals surface area contributed by atoms with E-state index < -0.39 is 0 Å². The van der Waals surface area contributed by atoms with Crippen LogP contribution in [-0.2, 0) is 0 Å². The van der Waals surface area contributed by atoms with Crippen molar-refractivity contribution in [1.82, 2.24) is 0 Å². The normalized spacial score (nSPS) is 10.7. The minimum Gasteiger partial charge on any atom is -0.0776 e. The third-order valence-corrected chi connectivity index (χ3v) is 7.31. The van der Waals surface area contributed by atoms with E-state index in [4.69, 9.17) is 0 Å². The van der Waals surface area contributed by atoms with Crippen molar-refractivity contribution in [3.63, 3.8) is 0 Å². The van der Waals surface area contributed by atoms with Gasteiger partial charge in [-0.3, -0.25) is 0 Å². The van der Waals surface area contributed by atoms with Crippen LogP contribution in [0.1, 0.15) is 302 Å². The zero-order chi connectivity index (χ0) is 27.5. The molecule has 0 heterocycles. The molecule has 5 unspecified atom stereocenters. The first-order valence-corrected chi connectivity index (χ1v) is 15.5. The molecule has 0 bridgehead atoms. The van der Waals surface area contributed by atoms with Crippen LogP contribution in [0.15, 0.2) is 0 Å². The van der Waals surface area contributed by atoms with Crippen molar-refractivity contribution in [2.24, 2.45) is 52.8 Å². The van der Waals surface area contributed by atoms with Gasteiger partial charge in [0.05, 0.1) is 0 Å². The number of hydrogen-bond acceptors (Lipinski definition) is 0. The van der Waals surface area contributed by atoms with E-state index >= 15 is 0 Å². The van der Waals surface area contributed by atoms with E-state index in [0.29, 0.717) is 5.41 Å². The van der Waals surface area contributed by atoms with Gasteiger partial charge in [-0.2, -0.15) is 0 Å². The van der Waals surface area contributed by atoms with E-state index in [2.05, 4.69) is 111 Å². The van der Waals surface area contributed by atoms with Crippen LogP contribution in [0, 0.1) is 52.8 Å². The monoisotopic (exact) mass is 771 g/mol. The highest BCUT2D eigenvalue weighted by Crippen LogP contribution is 2.33. The fraction of sp³-hybridized carbons (Fsp3) is 1.00. The maximum Gasteiger partial charge on any atom is -0.0349 e. The molecule has 0 rings (SSSR count). The molecule has 52 heavy (non-hydrogen) atoms. The molecule has 5 atom stereocenters. The topological polar surface area (TPSA) is 0 Å². The Morgan fingerprint density at radius 3 is 0.635 bits per heavy atom. The molecule has 0 radical (unpaired) electrons. The summed E-state index contributed by atoms with van der Waals surface area (Å²) in [6.45, 7) is 37.4. The van der Waals surface area contributed by atoms with Crippen LogP contribution in [0.5, 0.6) is 0 Å². The predicted octanol–water partition coefficient (Wildman–Crippen LogP) is 24.2. The van der Waals surface area contributed by atoms with Crippen LogP contribution in [0.4, 0.5) is 0 Å². The molecule has 354 valence electrons. The Morgan fingerprint density at radius 2 is 0.481 bits per heavy atom. The highest BCUT2D eigenvalue weighted by atomic mass is 14.3. The van der Waals surface area contributed by atoms with Gasteiger partial charge in [0, 0.05) is 0 Å². The van der Waals surface area contributed by atoms with Crippen molar-refractivity contribution in [1.29, 1.82) is 0 Å². The summed E-state index contributed by atoms with van der Waals surface area (Å²) >= 11 is 0. The second-order valence-electron chi connectivity index (χ2n) is 14.4. The highest BCUT2D eigenvalue weighted by molar-refractivity contribution is 4.72. The van der Waals surface area contributed by atoms with Crippen LogP contribution < -0.4 is 0 Å². The second kappa shape index (κ2) is 83.8. The summed E-state index contributed by atoms with van der Waals surface area (Å²) in [6, 6.07) is 0. The molecular weight excluding hydrogens is 625 g/mol. The summed E-state index contributed by atoms with van der Waals surface area (Å²) < 4.78 is 0. The lowest BCUT2D eigenvalue weighted by Gasteiger charge is -2.29. The van der Waals surface area contributed by atoms with Crippen molar-refractivity contribution in [2.75, 3.05) is 0 Å². The zero-order valence-corrected chi connectivity index (χ0v) is 27.5. The van der Waals surface area contributed by atoms with E-state index in [1.807, 2.05) is 0 Å². The summed E-state index contributed by atoms with van der Waals surface area (Å²) in [4.78, 5) is 0. The average Bonchev–Trinajstić information content (AvgIpc) is 2.65. The van der Waals surface area contributed by atoms with Gasteiger partial charge >= 0.3 is 0 Å². The Balaban J connectivity index is -0.0000000124. The van der Waals surface area contributed by atoms with Crippen LogP contribution >= 0.6 is 0 Å². The molecular formula is C52H146. The van der Waals surface area contributed by atoms with E-state index in [9.17, 15) is 0 Å². The first-order valence-electron chi connectivity index (χ1n) is 15.5. The van der Waals surface area contributed by atoms with Gasteiger partial charge in [-0.05, 0) is 91.3 Å². The second-order valence-corrected chi connectivity index (χ2v) is 14.4. The van der Waals surface area contributed by atoms with Gasteiger partial charge in [0.25, 0.3) is 0 Å². The summed E-state index contributed by atoms with van der Waals surface area (Å²) in [7, 11) is 0. The molecule has 0 saturated carbocycles. The SMILES string of the molecule is C.C.C.C.C.C.C.C.C.C.C.C.C.C.C.C.C.C.CCC(C)CC(C)(C)CC(C)C.CCC(C)CC(C)CC(C)C.CCC(C)CC(C)CC(C)C. The summed E-state index contributed by atoms with van der Waals surface area (Å²) in [5.74, 6) is 7.15. The smallest absolute Gasteiger partial charge is 0.0349 e. The van der Waals surface area contributed by atoms with Gasteiger partial charge in [0.15, 0.2) is 0 Å². The van der Waals surface area contributed by atoms with Crippen molar-refractivity contribution in [3.05, 3.63) is 0 Å². The van der Waals surface area contributed by atoms with Gasteiger partial charge in [-0.15, -0.1) is 0 Å². The minimum absolute atomic E-state index is 0.